The van der Waals surface area contributed by atoms with Crippen LogP contribution in [0.4, 0.5) is 0 Å². The summed E-state index contributed by atoms with van der Waals surface area (Å²) in [5.74, 6) is 0.792. The van der Waals surface area contributed by atoms with Gasteiger partial charge in [0.2, 0.25) is 0 Å². The van der Waals surface area contributed by atoms with Crippen molar-refractivity contribution in [1.82, 2.24) is 15.2 Å². The van der Waals surface area contributed by atoms with E-state index in [4.69, 9.17) is 4.98 Å². The molecule has 0 bridgehead atoms. The molecule has 1 unspecified atom stereocenters. The molecule has 4 heteroatoms. The van der Waals surface area contributed by atoms with Crippen molar-refractivity contribution in [2.45, 2.75) is 44.6 Å². The molecule has 1 atom stereocenters. The molecule has 1 saturated heterocycles. The quantitative estimate of drug-likeness (QED) is 0.887. The molecule has 2 aliphatic rings. The first-order valence-corrected chi connectivity index (χ1v) is 8.16. The van der Waals surface area contributed by atoms with Crippen molar-refractivity contribution >= 4 is 11.3 Å². The van der Waals surface area contributed by atoms with Crippen LogP contribution in [0, 0.1) is 0 Å². The second kappa shape index (κ2) is 5.68. The first kappa shape index (κ1) is 12.6. The zero-order valence-corrected chi connectivity index (χ0v) is 12.0. The van der Waals surface area contributed by atoms with E-state index in [1.54, 1.807) is 0 Å². The molecule has 2 heterocycles. The van der Waals surface area contributed by atoms with E-state index >= 15 is 0 Å². The highest BCUT2D eigenvalue weighted by Gasteiger charge is 2.29. The zero-order valence-electron chi connectivity index (χ0n) is 11.2. The third kappa shape index (κ3) is 2.76. The first-order chi connectivity index (χ1) is 8.88. The Morgan fingerprint density at radius 1 is 1.44 bits per heavy atom. The van der Waals surface area contributed by atoms with Crippen LogP contribution in [0.2, 0.25) is 0 Å². The number of thiazole rings is 1. The Morgan fingerprint density at radius 2 is 2.22 bits per heavy atom. The lowest BCUT2D eigenvalue weighted by Gasteiger charge is -2.33. The van der Waals surface area contributed by atoms with Gasteiger partial charge >= 0.3 is 0 Å². The van der Waals surface area contributed by atoms with E-state index in [9.17, 15) is 0 Å². The van der Waals surface area contributed by atoms with Crippen LogP contribution < -0.4 is 5.32 Å². The van der Waals surface area contributed by atoms with Crippen molar-refractivity contribution in [3.05, 3.63) is 16.1 Å². The van der Waals surface area contributed by atoms with Gasteiger partial charge in [-0.05, 0) is 19.3 Å². The maximum Gasteiger partial charge on any atom is 0.110 e. The van der Waals surface area contributed by atoms with Crippen molar-refractivity contribution in [2.75, 3.05) is 26.2 Å². The minimum absolute atomic E-state index is 0.564. The Kier molecular flexibility index (Phi) is 3.97. The lowest BCUT2D eigenvalue weighted by Crippen LogP contribution is -2.45. The summed E-state index contributed by atoms with van der Waals surface area (Å²) in [6.45, 7) is 6.87. The van der Waals surface area contributed by atoms with Gasteiger partial charge in [0.25, 0.3) is 0 Å². The molecule has 2 fully saturated rings. The summed E-state index contributed by atoms with van der Waals surface area (Å²) in [7, 11) is 0. The minimum atomic E-state index is 0.564. The van der Waals surface area contributed by atoms with Crippen molar-refractivity contribution in [1.29, 1.82) is 0 Å². The average molecular weight is 265 g/mol. The fourth-order valence-electron chi connectivity index (χ4n) is 2.75. The van der Waals surface area contributed by atoms with E-state index in [-0.39, 0.29) is 0 Å². The molecule has 1 aliphatic heterocycles. The van der Waals surface area contributed by atoms with Gasteiger partial charge in [-0.1, -0.05) is 13.3 Å². The Hall–Kier alpha value is -0.450. The number of nitrogens with zero attached hydrogens (tertiary/aromatic N) is 2. The van der Waals surface area contributed by atoms with Crippen molar-refractivity contribution in [3.8, 4) is 0 Å². The van der Waals surface area contributed by atoms with Crippen LogP contribution in [0.25, 0.3) is 0 Å². The van der Waals surface area contributed by atoms with E-state index in [0.29, 0.717) is 6.04 Å². The van der Waals surface area contributed by atoms with Crippen LogP contribution in [0.15, 0.2) is 5.38 Å². The molecule has 1 aliphatic carbocycles. The summed E-state index contributed by atoms with van der Waals surface area (Å²) in [6, 6.07) is 0.564. The average Bonchev–Trinajstić information content (AvgIpc) is 3.16. The number of piperazine rings is 1. The summed E-state index contributed by atoms with van der Waals surface area (Å²) in [5, 5.41) is 7.10. The Labute approximate surface area is 114 Å². The fourth-order valence-corrected chi connectivity index (χ4v) is 3.82. The summed E-state index contributed by atoms with van der Waals surface area (Å²) >= 11 is 1.89. The second-order valence-electron chi connectivity index (χ2n) is 5.48. The first-order valence-electron chi connectivity index (χ1n) is 7.28. The highest BCUT2D eigenvalue weighted by Crippen LogP contribution is 2.41. The highest BCUT2D eigenvalue weighted by molar-refractivity contribution is 7.09. The predicted octanol–water partition coefficient (Wildman–Crippen LogP) is 2.77. The molecule has 1 aromatic rings. The van der Waals surface area contributed by atoms with Gasteiger partial charge in [0, 0.05) is 37.5 Å². The van der Waals surface area contributed by atoms with Gasteiger partial charge in [-0.15, -0.1) is 11.3 Å². The Balaban J connectivity index is 1.73. The monoisotopic (exact) mass is 265 g/mol. The maximum atomic E-state index is 4.92. The molecule has 1 aromatic heterocycles. The van der Waals surface area contributed by atoms with Gasteiger partial charge in [0.1, 0.15) is 5.01 Å². The van der Waals surface area contributed by atoms with E-state index in [0.717, 1.165) is 19.0 Å². The number of hydrogen-bond acceptors (Lipinski definition) is 4. The van der Waals surface area contributed by atoms with Crippen LogP contribution in [-0.2, 0) is 0 Å². The van der Waals surface area contributed by atoms with Crippen LogP contribution in [0.5, 0.6) is 0 Å². The van der Waals surface area contributed by atoms with E-state index < -0.39 is 0 Å². The molecule has 0 spiro atoms. The van der Waals surface area contributed by atoms with E-state index in [1.165, 1.54) is 49.5 Å². The van der Waals surface area contributed by atoms with Crippen LogP contribution in [-0.4, -0.2) is 36.1 Å². The lowest BCUT2D eigenvalue weighted by atomic mass is 10.1. The topological polar surface area (TPSA) is 28.2 Å². The Bertz CT molecular complexity index is 380. The Morgan fingerprint density at radius 3 is 2.89 bits per heavy atom. The van der Waals surface area contributed by atoms with Gasteiger partial charge in [0.15, 0.2) is 0 Å². The minimum Gasteiger partial charge on any atom is -0.314 e. The predicted molar refractivity (Wildman–Crippen MR) is 76.2 cm³/mol. The molecule has 0 amide bonds. The molecule has 3 nitrogen and oxygen atoms in total. The molecular formula is C14H23N3S. The zero-order chi connectivity index (χ0) is 12.4. The summed E-state index contributed by atoms with van der Waals surface area (Å²) in [6.07, 6.45) is 5.20. The largest absolute Gasteiger partial charge is 0.314 e. The van der Waals surface area contributed by atoms with Gasteiger partial charge in [-0.2, -0.15) is 0 Å². The number of hydrogen-bond donors (Lipinski definition) is 1. The smallest absolute Gasteiger partial charge is 0.110 e. The standard InChI is InChI=1S/C14H23N3S/c1-2-3-13(17-8-6-15-7-9-17)14-16-12(10-18-14)11-4-5-11/h10-11,13,15H,2-9H2,1H3. The summed E-state index contributed by atoms with van der Waals surface area (Å²) < 4.78 is 0. The maximum absolute atomic E-state index is 4.92. The number of rotatable bonds is 5. The lowest BCUT2D eigenvalue weighted by molar-refractivity contribution is 0.164. The van der Waals surface area contributed by atoms with Gasteiger partial charge in [-0.3, -0.25) is 4.90 Å². The number of aromatic nitrogens is 1. The van der Waals surface area contributed by atoms with Crippen LogP contribution in [0.1, 0.15) is 55.3 Å². The van der Waals surface area contributed by atoms with E-state index in [1.807, 2.05) is 11.3 Å². The molecular weight excluding hydrogens is 242 g/mol. The van der Waals surface area contributed by atoms with Gasteiger partial charge < -0.3 is 5.32 Å². The number of nitrogens with one attached hydrogen (secondary N) is 1. The molecule has 0 aromatic carbocycles. The van der Waals surface area contributed by atoms with Gasteiger partial charge in [0.05, 0.1) is 11.7 Å². The van der Waals surface area contributed by atoms with Crippen molar-refractivity contribution < 1.29 is 0 Å². The van der Waals surface area contributed by atoms with Gasteiger partial charge in [-0.25, -0.2) is 4.98 Å². The molecule has 18 heavy (non-hydrogen) atoms. The molecule has 0 radical (unpaired) electrons. The molecule has 1 N–H and O–H groups in total. The second-order valence-corrected chi connectivity index (χ2v) is 6.37. The van der Waals surface area contributed by atoms with Crippen molar-refractivity contribution in [3.63, 3.8) is 0 Å². The third-order valence-electron chi connectivity index (χ3n) is 3.97. The third-order valence-corrected chi connectivity index (χ3v) is 4.94. The molecule has 100 valence electrons. The van der Waals surface area contributed by atoms with E-state index in [2.05, 4.69) is 22.5 Å². The fraction of sp³-hybridized carbons (Fsp3) is 0.786. The molecule has 3 rings (SSSR count). The SMILES string of the molecule is CCCC(c1nc(C2CC2)cs1)N1CCNCC1. The summed E-state index contributed by atoms with van der Waals surface area (Å²) in [5.41, 5.74) is 1.37. The van der Waals surface area contributed by atoms with Crippen LogP contribution >= 0.6 is 11.3 Å². The highest BCUT2D eigenvalue weighted by atomic mass is 32.1. The van der Waals surface area contributed by atoms with Crippen LogP contribution in [0.3, 0.4) is 0 Å². The summed E-state index contributed by atoms with van der Waals surface area (Å²) in [4.78, 5) is 7.54. The molecule has 1 saturated carbocycles. The van der Waals surface area contributed by atoms with Crippen molar-refractivity contribution in [2.24, 2.45) is 0 Å². The normalized spacial score (nSPS) is 23.2.